The van der Waals surface area contributed by atoms with Gasteiger partial charge in [-0.1, -0.05) is 12.8 Å². The third kappa shape index (κ3) is 7.82. The predicted octanol–water partition coefficient (Wildman–Crippen LogP) is 2.31. The highest BCUT2D eigenvalue weighted by Crippen LogP contribution is 2.27. The van der Waals surface area contributed by atoms with E-state index in [1.54, 1.807) is 7.11 Å². The van der Waals surface area contributed by atoms with Gasteiger partial charge in [0, 0.05) is 51.8 Å². The summed E-state index contributed by atoms with van der Waals surface area (Å²) in [5.74, 6) is 2.24. The Morgan fingerprint density at radius 2 is 1.83 bits per heavy atom. The van der Waals surface area contributed by atoms with E-state index in [4.69, 9.17) is 9.73 Å². The summed E-state index contributed by atoms with van der Waals surface area (Å²) >= 11 is 0. The molecule has 1 atom stereocenters. The van der Waals surface area contributed by atoms with E-state index in [0.29, 0.717) is 17.9 Å². The van der Waals surface area contributed by atoms with Crippen LogP contribution < -0.4 is 10.6 Å². The van der Waals surface area contributed by atoms with Crippen molar-refractivity contribution in [1.82, 2.24) is 20.4 Å². The molecule has 0 aromatic heterocycles. The van der Waals surface area contributed by atoms with Gasteiger partial charge in [-0.05, 0) is 58.0 Å². The second kappa shape index (κ2) is 13.7. The quantitative estimate of drug-likeness (QED) is 0.284. The molecule has 2 saturated heterocycles. The van der Waals surface area contributed by atoms with Crippen molar-refractivity contribution < 1.29 is 9.53 Å². The van der Waals surface area contributed by atoms with Crippen LogP contribution in [-0.4, -0.2) is 87.2 Å². The van der Waals surface area contributed by atoms with Gasteiger partial charge in [0.25, 0.3) is 0 Å². The van der Waals surface area contributed by atoms with Crippen molar-refractivity contribution in [3.8, 4) is 0 Å². The highest BCUT2D eigenvalue weighted by Gasteiger charge is 2.32. The van der Waals surface area contributed by atoms with E-state index >= 15 is 0 Å². The van der Waals surface area contributed by atoms with Crippen LogP contribution >= 0.6 is 24.0 Å². The minimum Gasteiger partial charge on any atom is -0.383 e. The molecule has 30 heavy (non-hydrogen) atoms. The Labute approximate surface area is 199 Å². The average molecular weight is 536 g/mol. The third-order valence-corrected chi connectivity index (χ3v) is 6.72. The molecule has 2 heterocycles. The highest BCUT2D eigenvalue weighted by molar-refractivity contribution is 14.0. The van der Waals surface area contributed by atoms with E-state index in [1.807, 2.05) is 0 Å². The summed E-state index contributed by atoms with van der Waals surface area (Å²) in [7, 11) is 1.77. The second-order valence-electron chi connectivity index (χ2n) is 8.89. The van der Waals surface area contributed by atoms with Crippen molar-refractivity contribution in [2.75, 3.05) is 59.5 Å². The molecule has 2 N–H and O–H groups in total. The SMILES string of the molecule is CCNC(=NCC1CCN(CCOC)CC1)NC1CCN(C(=O)C2CCCC2)C1.I. The lowest BCUT2D eigenvalue weighted by atomic mass is 9.97. The van der Waals surface area contributed by atoms with Crippen LogP contribution in [0.1, 0.15) is 51.9 Å². The van der Waals surface area contributed by atoms with Gasteiger partial charge in [-0.2, -0.15) is 0 Å². The maximum atomic E-state index is 12.7. The second-order valence-corrected chi connectivity index (χ2v) is 8.89. The van der Waals surface area contributed by atoms with Crippen molar-refractivity contribution in [1.29, 1.82) is 0 Å². The number of nitrogens with one attached hydrogen (secondary N) is 2. The van der Waals surface area contributed by atoms with Gasteiger partial charge in [0.2, 0.25) is 5.91 Å². The molecule has 0 aromatic rings. The largest absolute Gasteiger partial charge is 0.383 e. The minimum atomic E-state index is 0. The third-order valence-electron chi connectivity index (χ3n) is 6.72. The number of rotatable bonds is 8. The van der Waals surface area contributed by atoms with Gasteiger partial charge in [-0.15, -0.1) is 24.0 Å². The lowest BCUT2D eigenvalue weighted by molar-refractivity contribution is -0.134. The average Bonchev–Trinajstić information content (AvgIpc) is 3.43. The number of nitrogens with zero attached hydrogens (tertiary/aromatic N) is 3. The Balaban J connectivity index is 0.00000320. The van der Waals surface area contributed by atoms with Crippen LogP contribution in [0.5, 0.6) is 0 Å². The fourth-order valence-corrected chi connectivity index (χ4v) is 4.86. The van der Waals surface area contributed by atoms with Crippen molar-refractivity contribution in [2.45, 2.75) is 57.9 Å². The van der Waals surface area contributed by atoms with Gasteiger partial charge < -0.3 is 25.2 Å². The molecule has 1 aliphatic carbocycles. The van der Waals surface area contributed by atoms with E-state index in [9.17, 15) is 4.79 Å². The smallest absolute Gasteiger partial charge is 0.225 e. The zero-order valence-electron chi connectivity index (χ0n) is 18.9. The monoisotopic (exact) mass is 535 g/mol. The first-order chi connectivity index (χ1) is 14.2. The number of hydrogen-bond donors (Lipinski definition) is 2. The van der Waals surface area contributed by atoms with E-state index in [-0.39, 0.29) is 29.9 Å². The first-order valence-electron chi connectivity index (χ1n) is 11.7. The zero-order chi connectivity index (χ0) is 20.5. The van der Waals surface area contributed by atoms with Crippen molar-refractivity contribution in [3.05, 3.63) is 0 Å². The normalized spacial score (nSPS) is 24.1. The molecule has 0 bridgehead atoms. The molecule has 0 radical (unpaired) electrons. The zero-order valence-corrected chi connectivity index (χ0v) is 21.2. The van der Waals surface area contributed by atoms with Crippen LogP contribution in [0, 0.1) is 11.8 Å². The van der Waals surface area contributed by atoms with Crippen LogP contribution in [0.25, 0.3) is 0 Å². The van der Waals surface area contributed by atoms with Gasteiger partial charge in [-0.3, -0.25) is 9.79 Å². The van der Waals surface area contributed by atoms with Crippen LogP contribution in [-0.2, 0) is 9.53 Å². The number of piperidine rings is 1. The van der Waals surface area contributed by atoms with Crippen LogP contribution in [0.2, 0.25) is 0 Å². The number of carbonyl (C=O) groups is 1. The number of carbonyl (C=O) groups excluding carboxylic acids is 1. The van der Waals surface area contributed by atoms with E-state index in [0.717, 1.165) is 77.6 Å². The molecule has 0 aromatic carbocycles. The number of hydrogen-bond acceptors (Lipinski definition) is 4. The number of guanidine groups is 1. The molecule has 7 nitrogen and oxygen atoms in total. The molecule has 174 valence electrons. The fraction of sp³-hybridized carbons (Fsp3) is 0.909. The maximum Gasteiger partial charge on any atom is 0.225 e. The number of amides is 1. The molecule has 3 fully saturated rings. The Morgan fingerprint density at radius 1 is 1.10 bits per heavy atom. The van der Waals surface area contributed by atoms with E-state index in [2.05, 4.69) is 27.4 Å². The number of aliphatic imine (C=N–C) groups is 1. The van der Waals surface area contributed by atoms with Gasteiger partial charge in [-0.25, -0.2) is 0 Å². The molecule has 1 amide bonds. The molecular weight excluding hydrogens is 493 g/mol. The first-order valence-corrected chi connectivity index (χ1v) is 11.7. The van der Waals surface area contributed by atoms with Crippen LogP contribution in [0.4, 0.5) is 0 Å². The Morgan fingerprint density at radius 3 is 2.50 bits per heavy atom. The summed E-state index contributed by atoms with van der Waals surface area (Å²) < 4.78 is 5.19. The first kappa shape index (κ1) is 25.6. The van der Waals surface area contributed by atoms with E-state index < -0.39 is 0 Å². The molecule has 8 heteroatoms. The summed E-state index contributed by atoms with van der Waals surface area (Å²) in [4.78, 5) is 22.1. The molecule has 1 saturated carbocycles. The number of ether oxygens (including phenoxy) is 1. The van der Waals surface area contributed by atoms with E-state index in [1.165, 1.54) is 25.7 Å². The van der Waals surface area contributed by atoms with Crippen molar-refractivity contribution >= 4 is 35.8 Å². The fourth-order valence-electron chi connectivity index (χ4n) is 4.86. The Kier molecular flexibility index (Phi) is 11.7. The molecule has 3 aliphatic rings. The minimum absolute atomic E-state index is 0. The predicted molar refractivity (Wildman–Crippen MR) is 133 cm³/mol. The van der Waals surface area contributed by atoms with Crippen molar-refractivity contribution in [2.24, 2.45) is 16.8 Å². The Hall–Kier alpha value is -0.610. The maximum absolute atomic E-state index is 12.7. The molecular formula is C22H42IN5O2. The summed E-state index contributed by atoms with van der Waals surface area (Å²) in [5, 5.41) is 6.98. The van der Waals surface area contributed by atoms with Gasteiger partial charge in [0.1, 0.15) is 0 Å². The summed E-state index contributed by atoms with van der Waals surface area (Å²) in [6, 6.07) is 0.314. The number of halogens is 1. The lowest BCUT2D eigenvalue weighted by Gasteiger charge is -2.31. The number of likely N-dealkylation sites (tertiary alicyclic amines) is 2. The molecule has 2 aliphatic heterocycles. The molecule has 3 rings (SSSR count). The number of methoxy groups -OCH3 is 1. The van der Waals surface area contributed by atoms with Crippen molar-refractivity contribution in [3.63, 3.8) is 0 Å². The van der Waals surface area contributed by atoms with Crippen LogP contribution in [0.3, 0.4) is 0 Å². The summed E-state index contributed by atoms with van der Waals surface area (Å²) in [6.07, 6.45) is 8.03. The summed E-state index contributed by atoms with van der Waals surface area (Å²) in [5.41, 5.74) is 0. The molecule has 1 unspecified atom stereocenters. The standard InChI is InChI=1S/C22H41N5O2.HI/c1-3-23-22(24-16-18-8-11-26(12-9-18)14-15-29-2)25-20-10-13-27(17-20)21(28)19-6-4-5-7-19;/h18-20H,3-17H2,1-2H3,(H2,23,24,25);1H. The molecule has 0 spiro atoms. The summed E-state index contributed by atoms with van der Waals surface area (Å²) in [6.45, 7) is 9.69. The van der Waals surface area contributed by atoms with Gasteiger partial charge >= 0.3 is 0 Å². The Bertz CT molecular complexity index is 534. The van der Waals surface area contributed by atoms with Gasteiger partial charge in [0.05, 0.1) is 6.61 Å². The highest BCUT2D eigenvalue weighted by atomic mass is 127. The van der Waals surface area contributed by atoms with Gasteiger partial charge in [0.15, 0.2) is 5.96 Å². The van der Waals surface area contributed by atoms with Crippen LogP contribution in [0.15, 0.2) is 4.99 Å². The topological polar surface area (TPSA) is 69.2 Å². The lowest BCUT2D eigenvalue weighted by Crippen LogP contribution is -2.45.